The quantitative estimate of drug-likeness (QED) is 0.662. The number of hydrogen-bond acceptors (Lipinski definition) is 5. The van der Waals surface area contributed by atoms with E-state index in [2.05, 4.69) is 5.16 Å². The van der Waals surface area contributed by atoms with Crippen LogP contribution in [-0.4, -0.2) is 28.1 Å². The maximum absolute atomic E-state index is 10.2. The normalized spacial score (nSPS) is 23.6. The standard InChI is InChI=1S/C13H20N2O3/c1-9-8-12(14-18-9)15(16)10-6-5-7-11(10)17-13(2,3)4/h5,7-8,10-11,16H,6H2,1-4H3/t10-,11-/m0/s1. The predicted octanol–water partition coefficient (Wildman–Crippen LogP) is 2.69. The summed E-state index contributed by atoms with van der Waals surface area (Å²) in [6.45, 7) is 7.79. The maximum atomic E-state index is 10.2. The van der Waals surface area contributed by atoms with Crippen LogP contribution in [0, 0.1) is 6.92 Å². The molecule has 2 atom stereocenters. The molecule has 0 unspecified atom stereocenters. The summed E-state index contributed by atoms with van der Waals surface area (Å²) < 4.78 is 10.9. The molecule has 100 valence electrons. The van der Waals surface area contributed by atoms with E-state index in [0.29, 0.717) is 11.6 Å². The highest BCUT2D eigenvalue weighted by Gasteiger charge is 2.33. The first-order chi connectivity index (χ1) is 8.37. The first-order valence-corrected chi connectivity index (χ1v) is 6.13. The van der Waals surface area contributed by atoms with Crippen LogP contribution in [-0.2, 0) is 4.74 Å². The highest BCUT2D eigenvalue weighted by Crippen LogP contribution is 2.27. The number of hydrogen-bond donors (Lipinski definition) is 1. The van der Waals surface area contributed by atoms with Crippen molar-refractivity contribution in [2.24, 2.45) is 0 Å². The third kappa shape index (κ3) is 2.91. The van der Waals surface area contributed by atoms with Crippen LogP contribution in [0.4, 0.5) is 5.82 Å². The Morgan fingerprint density at radius 1 is 1.50 bits per heavy atom. The zero-order chi connectivity index (χ0) is 13.3. The molecule has 1 N–H and O–H groups in total. The number of rotatable bonds is 3. The second-order valence-corrected chi connectivity index (χ2v) is 5.57. The van der Waals surface area contributed by atoms with Crippen LogP contribution in [0.15, 0.2) is 22.7 Å². The van der Waals surface area contributed by atoms with Gasteiger partial charge >= 0.3 is 0 Å². The van der Waals surface area contributed by atoms with E-state index in [9.17, 15) is 5.21 Å². The van der Waals surface area contributed by atoms with E-state index in [1.165, 1.54) is 0 Å². The Labute approximate surface area is 107 Å². The Bertz CT molecular complexity index is 434. The topological polar surface area (TPSA) is 58.7 Å². The molecular formula is C13H20N2O3. The molecule has 5 heteroatoms. The lowest BCUT2D eigenvalue weighted by molar-refractivity contribution is -0.0540. The van der Waals surface area contributed by atoms with Crippen LogP contribution in [0.5, 0.6) is 0 Å². The number of anilines is 1. The molecule has 18 heavy (non-hydrogen) atoms. The lowest BCUT2D eigenvalue weighted by Gasteiger charge is -2.31. The number of ether oxygens (including phenoxy) is 1. The molecule has 0 bridgehead atoms. The molecule has 0 aliphatic heterocycles. The van der Waals surface area contributed by atoms with Crippen molar-refractivity contribution >= 4 is 5.82 Å². The summed E-state index contributed by atoms with van der Waals surface area (Å²) in [5, 5.41) is 15.1. The zero-order valence-corrected chi connectivity index (χ0v) is 11.3. The summed E-state index contributed by atoms with van der Waals surface area (Å²) in [5.74, 6) is 1.09. The summed E-state index contributed by atoms with van der Waals surface area (Å²) in [5.41, 5.74) is -0.252. The van der Waals surface area contributed by atoms with E-state index < -0.39 is 0 Å². The van der Waals surface area contributed by atoms with Crippen molar-refractivity contribution in [2.45, 2.75) is 51.9 Å². The Morgan fingerprint density at radius 2 is 2.22 bits per heavy atom. The van der Waals surface area contributed by atoms with Gasteiger partial charge in [-0.1, -0.05) is 17.3 Å². The molecule has 0 aromatic carbocycles. The second kappa shape index (κ2) is 4.74. The maximum Gasteiger partial charge on any atom is 0.196 e. The Hall–Kier alpha value is -1.33. The molecule has 2 rings (SSSR count). The minimum atomic E-state index is -0.252. The van der Waals surface area contributed by atoms with E-state index in [4.69, 9.17) is 9.26 Å². The minimum Gasteiger partial charge on any atom is -0.366 e. The van der Waals surface area contributed by atoms with Gasteiger partial charge in [0.05, 0.1) is 17.7 Å². The number of aryl methyl sites for hydroxylation is 1. The second-order valence-electron chi connectivity index (χ2n) is 5.57. The van der Waals surface area contributed by atoms with Gasteiger partial charge in [-0.15, -0.1) is 0 Å². The molecule has 0 saturated carbocycles. The van der Waals surface area contributed by atoms with E-state index in [-0.39, 0.29) is 17.7 Å². The van der Waals surface area contributed by atoms with Crippen molar-refractivity contribution in [1.29, 1.82) is 0 Å². The molecule has 0 fully saturated rings. The van der Waals surface area contributed by atoms with Gasteiger partial charge in [0.2, 0.25) is 0 Å². The molecular weight excluding hydrogens is 232 g/mol. The van der Waals surface area contributed by atoms with Crippen LogP contribution < -0.4 is 5.06 Å². The van der Waals surface area contributed by atoms with Crippen LogP contribution in [0.1, 0.15) is 33.0 Å². The lowest BCUT2D eigenvalue weighted by Crippen LogP contribution is -2.43. The Kier molecular flexibility index (Phi) is 3.45. The fourth-order valence-electron chi connectivity index (χ4n) is 2.01. The molecule has 1 heterocycles. The van der Waals surface area contributed by atoms with Crippen LogP contribution >= 0.6 is 0 Å². The van der Waals surface area contributed by atoms with Gasteiger partial charge in [0.25, 0.3) is 0 Å². The summed E-state index contributed by atoms with van der Waals surface area (Å²) in [7, 11) is 0. The largest absolute Gasteiger partial charge is 0.366 e. The van der Waals surface area contributed by atoms with Crippen LogP contribution in [0.2, 0.25) is 0 Å². The highest BCUT2D eigenvalue weighted by atomic mass is 16.5. The first kappa shape index (κ1) is 13.1. The third-order valence-corrected chi connectivity index (χ3v) is 2.74. The van der Waals surface area contributed by atoms with Crippen molar-refractivity contribution in [3.63, 3.8) is 0 Å². The molecule has 0 spiro atoms. The summed E-state index contributed by atoms with van der Waals surface area (Å²) >= 11 is 0. The Balaban J connectivity index is 2.08. The molecule has 1 aliphatic carbocycles. The summed E-state index contributed by atoms with van der Waals surface area (Å²) in [6, 6.07) is 1.54. The van der Waals surface area contributed by atoms with Gasteiger partial charge in [-0.2, -0.15) is 0 Å². The Morgan fingerprint density at radius 3 is 2.78 bits per heavy atom. The average molecular weight is 252 g/mol. The number of aromatic nitrogens is 1. The molecule has 1 aromatic rings. The van der Waals surface area contributed by atoms with Gasteiger partial charge < -0.3 is 9.26 Å². The molecule has 0 amide bonds. The van der Waals surface area contributed by atoms with Crippen molar-refractivity contribution < 1.29 is 14.5 Å². The van der Waals surface area contributed by atoms with Gasteiger partial charge in [0, 0.05) is 6.07 Å². The summed E-state index contributed by atoms with van der Waals surface area (Å²) in [6.07, 6.45) is 4.57. The van der Waals surface area contributed by atoms with E-state index in [1.54, 1.807) is 13.0 Å². The van der Waals surface area contributed by atoms with Crippen LogP contribution in [0.3, 0.4) is 0 Å². The molecule has 1 aromatic heterocycles. The molecule has 5 nitrogen and oxygen atoms in total. The number of hydroxylamine groups is 1. The van der Waals surface area contributed by atoms with Crippen molar-refractivity contribution in [3.05, 3.63) is 24.0 Å². The monoisotopic (exact) mass is 252 g/mol. The molecule has 0 radical (unpaired) electrons. The van der Waals surface area contributed by atoms with Crippen molar-refractivity contribution in [2.75, 3.05) is 5.06 Å². The van der Waals surface area contributed by atoms with Gasteiger partial charge in [-0.3, -0.25) is 5.21 Å². The lowest BCUT2D eigenvalue weighted by atomic mass is 10.1. The highest BCUT2D eigenvalue weighted by molar-refractivity contribution is 5.37. The van der Waals surface area contributed by atoms with Crippen molar-refractivity contribution in [1.82, 2.24) is 5.16 Å². The minimum absolute atomic E-state index is 0.146. The van der Waals surface area contributed by atoms with Gasteiger partial charge in [0.1, 0.15) is 5.76 Å². The van der Waals surface area contributed by atoms with Gasteiger partial charge in [-0.25, -0.2) is 5.06 Å². The average Bonchev–Trinajstić information content (AvgIpc) is 2.84. The molecule has 0 saturated heterocycles. The van der Waals surface area contributed by atoms with Crippen molar-refractivity contribution in [3.8, 4) is 0 Å². The zero-order valence-electron chi connectivity index (χ0n) is 11.3. The fourth-order valence-corrected chi connectivity index (χ4v) is 2.01. The van der Waals surface area contributed by atoms with Gasteiger partial charge in [-0.05, 0) is 34.1 Å². The number of nitrogens with zero attached hydrogens (tertiary/aromatic N) is 2. The summed E-state index contributed by atoms with van der Waals surface area (Å²) in [4.78, 5) is 0. The fraction of sp³-hybridized carbons (Fsp3) is 0.615. The van der Waals surface area contributed by atoms with Crippen LogP contribution in [0.25, 0.3) is 0 Å². The molecule has 1 aliphatic rings. The van der Waals surface area contributed by atoms with E-state index in [0.717, 1.165) is 11.5 Å². The SMILES string of the molecule is Cc1cc(N(O)[C@H]2CC=C[C@@H]2OC(C)(C)C)no1. The smallest absolute Gasteiger partial charge is 0.196 e. The van der Waals surface area contributed by atoms with E-state index >= 15 is 0 Å². The predicted molar refractivity (Wildman–Crippen MR) is 67.7 cm³/mol. The van der Waals surface area contributed by atoms with E-state index in [1.807, 2.05) is 32.9 Å². The third-order valence-electron chi connectivity index (χ3n) is 2.74. The first-order valence-electron chi connectivity index (χ1n) is 6.13. The van der Waals surface area contributed by atoms with Gasteiger partial charge in [0.15, 0.2) is 5.82 Å².